The van der Waals surface area contributed by atoms with Gasteiger partial charge in [-0.3, -0.25) is 5.32 Å². The van der Waals surface area contributed by atoms with Crippen LogP contribution < -0.4 is 5.32 Å². The number of anilines is 1. The van der Waals surface area contributed by atoms with Crippen molar-refractivity contribution in [3.8, 4) is 5.69 Å². The fraction of sp³-hybridized carbons (Fsp3) is 0.211. The Kier molecular flexibility index (Phi) is 5.68. The van der Waals surface area contributed by atoms with Crippen LogP contribution in [0, 0.1) is 0 Å². The Bertz CT molecular complexity index is 878. The number of nitrogens with zero attached hydrogens (tertiary/aromatic N) is 3. The number of hydrogen-bond donors (Lipinski definition) is 1. The van der Waals surface area contributed by atoms with Gasteiger partial charge in [0.15, 0.2) is 5.82 Å². The van der Waals surface area contributed by atoms with Gasteiger partial charge in [-0.2, -0.15) is 4.68 Å². The zero-order valence-corrected chi connectivity index (χ0v) is 16.1. The summed E-state index contributed by atoms with van der Waals surface area (Å²) in [7, 11) is 0. The van der Waals surface area contributed by atoms with Crippen LogP contribution in [0.1, 0.15) is 31.2 Å². The predicted molar refractivity (Wildman–Crippen MR) is 103 cm³/mol. The number of aryl methyl sites for hydroxylation is 1. The first kappa shape index (κ1) is 18.1. The van der Waals surface area contributed by atoms with Crippen molar-refractivity contribution < 1.29 is 9.53 Å². The molecule has 0 saturated carbocycles. The highest BCUT2D eigenvalue weighted by Crippen LogP contribution is 2.22. The number of amides is 1. The van der Waals surface area contributed by atoms with Gasteiger partial charge in [0.25, 0.3) is 0 Å². The van der Waals surface area contributed by atoms with E-state index in [0.29, 0.717) is 17.9 Å². The standard InChI is InChI=1S/C19H19BrN4O2/c1-3-17-18(24(23-22-17)16-11-9-15(20)10-12-16)21-19(25)26-13(2)14-7-5-4-6-8-14/h4-13H,3H2,1-2H3,(H,21,25)/t13-/m1/s1. The molecule has 2 aromatic carbocycles. The van der Waals surface area contributed by atoms with Gasteiger partial charge in [0, 0.05) is 4.47 Å². The Morgan fingerprint density at radius 1 is 1.19 bits per heavy atom. The summed E-state index contributed by atoms with van der Waals surface area (Å²) < 4.78 is 8.05. The minimum Gasteiger partial charge on any atom is -0.441 e. The molecule has 6 nitrogen and oxygen atoms in total. The van der Waals surface area contributed by atoms with E-state index in [1.54, 1.807) is 4.68 Å². The van der Waals surface area contributed by atoms with Gasteiger partial charge < -0.3 is 4.74 Å². The largest absolute Gasteiger partial charge is 0.441 e. The van der Waals surface area contributed by atoms with Gasteiger partial charge in [-0.25, -0.2) is 4.79 Å². The molecule has 1 atom stereocenters. The molecule has 0 spiro atoms. The molecule has 0 fully saturated rings. The maximum Gasteiger partial charge on any atom is 0.413 e. The van der Waals surface area contributed by atoms with Gasteiger partial charge >= 0.3 is 6.09 Å². The molecule has 0 aliphatic carbocycles. The summed E-state index contributed by atoms with van der Waals surface area (Å²) >= 11 is 3.41. The van der Waals surface area contributed by atoms with Crippen LogP contribution in [0.5, 0.6) is 0 Å². The summed E-state index contributed by atoms with van der Waals surface area (Å²) in [6.45, 7) is 3.79. The second-order valence-corrected chi connectivity index (χ2v) is 6.63. The van der Waals surface area contributed by atoms with Crippen molar-refractivity contribution in [2.24, 2.45) is 0 Å². The molecule has 0 aliphatic heterocycles. The van der Waals surface area contributed by atoms with Crippen molar-refractivity contribution in [2.75, 3.05) is 5.32 Å². The lowest BCUT2D eigenvalue weighted by Gasteiger charge is -2.15. The van der Waals surface area contributed by atoms with Crippen LogP contribution in [0.2, 0.25) is 0 Å². The molecule has 1 N–H and O–H groups in total. The number of carbonyl (C=O) groups excluding carboxylic acids is 1. The highest BCUT2D eigenvalue weighted by Gasteiger charge is 2.18. The summed E-state index contributed by atoms with van der Waals surface area (Å²) in [5.41, 5.74) is 2.42. The molecule has 7 heteroatoms. The van der Waals surface area contributed by atoms with Crippen LogP contribution in [-0.2, 0) is 11.2 Å². The third-order valence-corrected chi connectivity index (χ3v) is 4.45. The normalized spacial score (nSPS) is 11.8. The van der Waals surface area contributed by atoms with E-state index < -0.39 is 6.09 Å². The van der Waals surface area contributed by atoms with Crippen LogP contribution >= 0.6 is 15.9 Å². The molecular formula is C19H19BrN4O2. The first-order valence-electron chi connectivity index (χ1n) is 8.31. The average molecular weight is 415 g/mol. The van der Waals surface area contributed by atoms with E-state index in [4.69, 9.17) is 4.74 Å². The van der Waals surface area contributed by atoms with Crippen LogP contribution in [0.4, 0.5) is 10.6 Å². The Morgan fingerprint density at radius 2 is 1.88 bits per heavy atom. The molecule has 3 aromatic rings. The first-order valence-corrected chi connectivity index (χ1v) is 9.11. The van der Waals surface area contributed by atoms with E-state index in [-0.39, 0.29) is 6.10 Å². The zero-order chi connectivity index (χ0) is 18.5. The topological polar surface area (TPSA) is 69.0 Å². The average Bonchev–Trinajstić information content (AvgIpc) is 3.05. The van der Waals surface area contributed by atoms with Crippen molar-refractivity contribution in [1.29, 1.82) is 0 Å². The SMILES string of the molecule is CCc1nnn(-c2ccc(Br)cc2)c1NC(=O)O[C@H](C)c1ccccc1. The quantitative estimate of drug-likeness (QED) is 0.644. The second kappa shape index (κ2) is 8.14. The lowest BCUT2D eigenvalue weighted by atomic mass is 10.1. The lowest BCUT2D eigenvalue weighted by molar-refractivity contribution is 0.121. The Labute approximate surface area is 160 Å². The number of carbonyl (C=O) groups is 1. The maximum atomic E-state index is 12.4. The maximum absolute atomic E-state index is 12.4. The lowest BCUT2D eigenvalue weighted by Crippen LogP contribution is -2.19. The molecule has 0 bridgehead atoms. The van der Waals surface area contributed by atoms with E-state index in [9.17, 15) is 4.79 Å². The van der Waals surface area contributed by atoms with E-state index in [1.807, 2.05) is 68.4 Å². The highest BCUT2D eigenvalue weighted by molar-refractivity contribution is 9.10. The molecule has 0 saturated heterocycles. The van der Waals surface area contributed by atoms with Crippen molar-refractivity contribution in [1.82, 2.24) is 15.0 Å². The van der Waals surface area contributed by atoms with E-state index in [0.717, 1.165) is 15.7 Å². The van der Waals surface area contributed by atoms with Crippen LogP contribution in [0.3, 0.4) is 0 Å². The Balaban J connectivity index is 1.79. The summed E-state index contributed by atoms with van der Waals surface area (Å²) in [6.07, 6.45) is -0.268. The highest BCUT2D eigenvalue weighted by atomic mass is 79.9. The molecule has 0 unspecified atom stereocenters. The molecular weight excluding hydrogens is 396 g/mol. The van der Waals surface area contributed by atoms with Crippen molar-refractivity contribution in [2.45, 2.75) is 26.4 Å². The van der Waals surface area contributed by atoms with E-state index in [2.05, 4.69) is 31.6 Å². The molecule has 0 radical (unpaired) electrons. The first-order chi connectivity index (χ1) is 12.6. The number of nitrogens with one attached hydrogen (secondary N) is 1. The molecule has 1 heterocycles. The number of ether oxygens (including phenoxy) is 1. The predicted octanol–water partition coefficient (Wildman–Crippen LogP) is 4.90. The third-order valence-electron chi connectivity index (χ3n) is 3.92. The van der Waals surface area contributed by atoms with Gasteiger partial charge in [0.2, 0.25) is 0 Å². The van der Waals surface area contributed by atoms with E-state index in [1.165, 1.54) is 0 Å². The molecule has 134 valence electrons. The summed E-state index contributed by atoms with van der Waals surface area (Å²) in [6, 6.07) is 17.2. The van der Waals surface area contributed by atoms with Crippen molar-refractivity contribution >= 4 is 27.8 Å². The minimum absolute atomic E-state index is 0.363. The fourth-order valence-corrected chi connectivity index (χ4v) is 2.78. The van der Waals surface area contributed by atoms with Crippen LogP contribution in [-0.4, -0.2) is 21.1 Å². The summed E-state index contributed by atoms with van der Waals surface area (Å²) in [5, 5.41) is 11.1. The zero-order valence-electron chi connectivity index (χ0n) is 14.5. The second-order valence-electron chi connectivity index (χ2n) is 5.71. The molecule has 0 aliphatic rings. The monoisotopic (exact) mass is 414 g/mol. The number of rotatable bonds is 5. The summed E-state index contributed by atoms with van der Waals surface area (Å²) in [5.74, 6) is 0.514. The van der Waals surface area contributed by atoms with Crippen molar-refractivity contribution in [3.05, 3.63) is 70.3 Å². The molecule has 1 amide bonds. The van der Waals surface area contributed by atoms with Gasteiger partial charge in [-0.05, 0) is 43.2 Å². The van der Waals surface area contributed by atoms with E-state index >= 15 is 0 Å². The number of aromatic nitrogens is 3. The minimum atomic E-state index is -0.545. The summed E-state index contributed by atoms with van der Waals surface area (Å²) in [4.78, 5) is 12.4. The van der Waals surface area contributed by atoms with Gasteiger partial charge in [-0.1, -0.05) is 58.4 Å². The number of benzene rings is 2. The Morgan fingerprint density at radius 3 is 2.54 bits per heavy atom. The van der Waals surface area contributed by atoms with Gasteiger partial charge in [0.05, 0.1) is 5.69 Å². The third kappa shape index (κ3) is 4.11. The molecule has 26 heavy (non-hydrogen) atoms. The van der Waals surface area contributed by atoms with Crippen molar-refractivity contribution in [3.63, 3.8) is 0 Å². The van der Waals surface area contributed by atoms with Gasteiger partial charge in [-0.15, -0.1) is 5.10 Å². The number of hydrogen-bond acceptors (Lipinski definition) is 4. The van der Waals surface area contributed by atoms with Gasteiger partial charge in [0.1, 0.15) is 11.8 Å². The van der Waals surface area contributed by atoms with Crippen LogP contribution in [0.25, 0.3) is 5.69 Å². The molecule has 1 aromatic heterocycles. The smallest absolute Gasteiger partial charge is 0.413 e. The fourth-order valence-electron chi connectivity index (χ4n) is 2.52. The Hall–Kier alpha value is -2.67. The van der Waals surface area contributed by atoms with Crippen LogP contribution in [0.15, 0.2) is 59.1 Å². The number of halogens is 1. The molecule has 3 rings (SSSR count).